The maximum Gasteiger partial charge on any atom is 0.326 e. The molecule has 0 radical (unpaired) electrons. The van der Waals surface area contributed by atoms with E-state index in [0.29, 0.717) is 45.6 Å². The molecule has 4 aromatic rings. The van der Waals surface area contributed by atoms with Gasteiger partial charge in [-0.2, -0.15) is 5.10 Å². The molecular formula is C17H14ClN9OS. The molecule has 1 aromatic carbocycles. The van der Waals surface area contributed by atoms with Crippen molar-refractivity contribution in [2.24, 2.45) is 0 Å². The first-order chi connectivity index (χ1) is 14.1. The van der Waals surface area contributed by atoms with Crippen LogP contribution in [0.5, 0.6) is 0 Å². The van der Waals surface area contributed by atoms with Gasteiger partial charge in [0.25, 0.3) is 0 Å². The molecule has 0 atom stereocenters. The Bertz CT molecular complexity index is 1220. The Hall–Kier alpha value is -3.31. The van der Waals surface area contributed by atoms with Crippen molar-refractivity contribution in [1.29, 1.82) is 0 Å². The lowest BCUT2D eigenvalue weighted by molar-refractivity contribution is 0.229. The highest BCUT2D eigenvalue weighted by molar-refractivity contribution is 7.18. The standard InChI is InChI=1S/C17H14ClN9OS/c1-26-6-7-27(17(26)28)15-19-5-4-12(21-15)14-24-25-16(29-14)22-11-3-2-10-9(13(11)18)8-20-23-10/h2-5,8H,6-7H2,1H3,(H,20,23)(H,22,25). The number of nitrogens with one attached hydrogen (secondary N) is 2. The first-order valence-corrected chi connectivity index (χ1v) is 9.88. The number of benzene rings is 1. The van der Waals surface area contributed by atoms with Crippen molar-refractivity contribution in [2.75, 3.05) is 30.4 Å². The summed E-state index contributed by atoms with van der Waals surface area (Å²) < 4.78 is 0. The maximum absolute atomic E-state index is 12.2. The number of anilines is 3. The number of nitrogens with zero attached hydrogens (tertiary/aromatic N) is 7. The molecule has 1 aliphatic rings. The Kier molecular flexibility index (Phi) is 4.25. The minimum absolute atomic E-state index is 0.119. The van der Waals surface area contributed by atoms with Crippen LogP contribution >= 0.6 is 22.9 Å². The van der Waals surface area contributed by atoms with Gasteiger partial charge >= 0.3 is 6.03 Å². The van der Waals surface area contributed by atoms with Crippen LogP contribution in [-0.4, -0.2) is 61.4 Å². The van der Waals surface area contributed by atoms with Gasteiger partial charge in [0, 0.05) is 31.7 Å². The molecule has 5 rings (SSSR count). The van der Waals surface area contributed by atoms with Crippen LogP contribution in [-0.2, 0) is 0 Å². The Morgan fingerprint density at radius 2 is 2.14 bits per heavy atom. The molecule has 0 saturated carbocycles. The van der Waals surface area contributed by atoms with Gasteiger partial charge in [0.1, 0.15) is 5.69 Å². The van der Waals surface area contributed by atoms with Crippen LogP contribution in [0.4, 0.5) is 21.6 Å². The number of hydrogen-bond donors (Lipinski definition) is 2. The molecule has 12 heteroatoms. The van der Waals surface area contributed by atoms with Crippen molar-refractivity contribution in [1.82, 2.24) is 35.3 Å². The average Bonchev–Trinajstić information content (AvgIpc) is 3.46. The second-order valence-corrected chi connectivity index (χ2v) is 7.75. The van der Waals surface area contributed by atoms with E-state index in [2.05, 4.69) is 35.7 Å². The fourth-order valence-corrected chi connectivity index (χ4v) is 3.99. The van der Waals surface area contributed by atoms with E-state index in [1.807, 2.05) is 12.1 Å². The predicted molar refractivity (Wildman–Crippen MR) is 111 cm³/mol. The number of halogens is 1. The van der Waals surface area contributed by atoms with Gasteiger partial charge in [-0.15, -0.1) is 10.2 Å². The van der Waals surface area contributed by atoms with Crippen LogP contribution in [0.1, 0.15) is 0 Å². The van der Waals surface area contributed by atoms with Gasteiger partial charge in [-0.05, 0) is 18.2 Å². The van der Waals surface area contributed by atoms with Gasteiger partial charge in [0.05, 0.1) is 22.4 Å². The van der Waals surface area contributed by atoms with Crippen molar-refractivity contribution < 1.29 is 4.79 Å². The molecule has 146 valence electrons. The molecule has 0 spiro atoms. The van der Waals surface area contributed by atoms with E-state index in [4.69, 9.17) is 11.6 Å². The number of H-pyrrole nitrogens is 1. The summed E-state index contributed by atoms with van der Waals surface area (Å²) in [6, 6.07) is 5.36. The van der Waals surface area contributed by atoms with Gasteiger partial charge in [0.2, 0.25) is 11.1 Å². The fourth-order valence-electron chi connectivity index (χ4n) is 3.00. The Morgan fingerprint density at radius 3 is 2.97 bits per heavy atom. The van der Waals surface area contributed by atoms with E-state index in [-0.39, 0.29) is 6.03 Å². The summed E-state index contributed by atoms with van der Waals surface area (Å²) in [7, 11) is 1.75. The van der Waals surface area contributed by atoms with Crippen molar-refractivity contribution in [2.45, 2.75) is 0 Å². The van der Waals surface area contributed by atoms with Crippen LogP contribution < -0.4 is 10.2 Å². The minimum Gasteiger partial charge on any atom is -0.329 e. The molecule has 29 heavy (non-hydrogen) atoms. The highest BCUT2D eigenvalue weighted by Gasteiger charge is 2.28. The monoisotopic (exact) mass is 427 g/mol. The van der Waals surface area contributed by atoms with E-state index in [1.54, 1.807) is 35.3 Å². The number of aromatic amines is 1. The highest BCUT2D eigenvalue weighted by atomic mass is 35.5. The number of rotatable bonds is 4. The lowest BCUT2D eigenvalue weighted by atomic mass is 10.2. The van der Waals surface area contributed by atoms with E-state index in [9.17, 15) is 4.79 Å². The number of carbonyl (C=O) groups is 1. The number of aromatic nitrogens is 6. The molecule has 0 unspecified atom stereocenters. The van der Waals surface area contributed by atoms with Gasteiger partial charge in [-0.3, -0.25) is 10.00 Å². The van der Waals surface area contributed by atoms with E-state index in [0.717, 1.165) is 10.9 Å². The number of amides is 2. The van der Waals surface area contributed by atoms with Crippen molar-refractivity contribution in [3.63, 3.8) is 0 Å². The lowest BCUT2D eigenvalue weighted by Crippen LogP contribution is -2.30. The zero-order chi connectivity index (χ0) is 20.0. The summed E-state index contributed by atoms with van der Waals surface area (Å²) in [5.41, 5.74) is 2.16. The van der Waals surface area contributed by atoms with Crippen molar-refractivity contribution in [3.05, 3.63) is 35.6 Å². The predicted octanol–water partition coefficient (Wildman–Crippen LogP) is 3.14. The smallest absolute Gasteiger partial charge is 0.326 e. The average molecular weight is 428 g/mol. The summed E-state index contributed by atoms with van der Waals surface area (Å²) in [6.07, 6.45) is 3.29. The summed E-state index contributed by atoms with van der Waals surface area (Å²) in [5, 5.41) is 21.0. The first-order valence-electron chi connectivity index (χ1n) is 8.68. The molecule has 1 fully saturated rings. The number of likely N-dealkylation sites (N-methyl/N-ethyl adjacent to an activating group) is 1. The van der Waals surface area contributed by atoms with Gasteiger partial charge in [-0.1, -0.05) is 22.9 Å². The van der Waals surface area contributed by atoms with Gasteiger partial charge in [-0.25, -0.2) is 14.8 Å². The molecule has 2 amide bonds. The van der Waals surface area contributed by atoms with Gasteiger partial charge < -0.3 is 10.2 Å². The quantitative estimate of drug-likeness (QED) is 0.513. The second-order valence-electron chi connectivity index (χ2n) is 6.39. The molecule has 4 heterocycles. The summed E-state index contributed by atoms with van der Waals surface area (Å²) in [5.74, 6) is 0.356. The third kappa shape index (κ3) is 3.13. The zero-order valence-corrected chi connectivity index (χ0v) is 16.7. The lowest BCUT2D eigenvalue weighted by Gasteiger charge is -2.13. The largest absolute Gasteiger partial charge is 0.329 e. The molecule has 10 nitrogen and oxygen atoms in total. The molecular weight excluding hydrogens is 414 g/mol. The summed E-state index contributed by atoms with van der Waals surface area (Å²) in [4.78, 5) is 24.1. The number of fused-ring (bicyclic) bond motifs is 1. The summed E-state index contributed by atoms with van der Waals surface area (Å²) >= 11 is 7.78. The molecule has 0 aliphatic carbocycles. The van der Waals surface area contributed by atoms with Crippen molar-refractivity contribution in [3.8, 4) is 10.7 Å². The zero-order valence-electron chi connectivity index (χ0n) is 15.1. The van der Waals surface area contributed by atoms with Crippen LogP contribution in [0.3, 0.4) is 0 Å². The third-order valence-electron chi connectivity index (χ3n) is 4.54. The Morgan fingerprint density at radius 1 is 1.24 bits per heavy atom. The third-order valence-corrected chi connectivity index (χ3v) is 5.81. The van der Waals surface area contributed by atoms with E-state index < -0.39 is 0 Å². The van der Waals surface area contributed by atoms with E-state index >= 15 is 0 Å². The number of hydrogen-bond acceptors (Lipinski definition) is 8. The molecule has 1 aliphatic heterocycles. The minimum atomic E-state index is -0.119. The van der Waals surface area contributed by atoms with E-state index in [1.165, 1.54) is 11.3 Å². The van der Waals surface area contributed by atoms with Crippen LogP contribution in [0.25, 0.3) is 21.6 Å². The normalized spacial score (nSPS) is 14.2. The molecule has 3 aromatic heterocycles. The summed E-state index contributed by atoms with van der Waals surface area (Å²) in [6.45, 7) is 1.19. The van der Waals surface area contributed by atoms with Crippen molar-refractivity contribution >= 4 is 56.6 Å². The van der Waals surface area contributed by atoms with Crippen LogP contribution in [0, 0.1) is 0 Å². The van der Waals surface area contributed by atoms with Gasteiger partial charge in [0.15, 0.2) is 5.01 Å². The van der Waals surface area contributed by atoms with Crippen LogP contribution in [0.15, 0.2) is 30.6 Å². The molecule has 1 saturated heterocycles. The highest BCUT2D eigenvalue weighted by Crippen LogP contribution is 2.34. The second kappa shape index (κ2) is 6.94. The molecule has 0 bridgehead atoms. The molecule has 2 N–H and O–H groups in total. The number of urea groups is 1. The number of carbonyl (C=O) groups excluding carboxylic acids is 1. The fraction of sp³-hybridized carbons (Fsp3) is 0.176. The SMILES string of the molecule is CN1CCN(c2nccc(-c3nnc(Nc4ccc5[nH]ncc5c4Cl)s3)n2)C1=O. The first kappa shape index (κ1) is 17.8. The maximum atomic E-state index is 12.2. The Balaban J connectivity index is 1.40. The van der Waals surface area contributed by atoms with Crippen LogP contribution in [0.2, 0.25) is 5.02 Å². The Labute approximate surface area is 173 Å². The topological polar surface area (TPSA) is 116 Å².